The zero-order valence-electron chi connectivity index (χ0n) is 8.64. The van der Waals surface area contributed by atoms with E-state index in [-0.39, 0.29) is 5.91 Å². The van der Waals surface area contributed by atoms with Gasteiger partial charge in [-0.3, -0.25) is 4.79 Å². The van der Waals surface area contributed by atoms with E-state index in [0.717, 1.165) is 0 Å². The molecule has 0 aliphatic carbocycles. The number of nitrogens with zero attached hydrogens (tertiary/aromatic N) is 2. The number of imidazole rings is 1. The number of amides is 1. The fourth-order valence-electron chi connectivity index (χ4n) is 1.34. The first-order valence-electron chi connectivity index (χ1n) is 4.71. The van der Waals surface area contributed by atoms with Crippen LogP contribution < -0.4 is 5.32 Å². The van der Waals surface area contributed by atoms with Gasteiger partial charge in [-0.05, 0) is 18.2 Å². The van der Waals surface area contributed by atoms with Crippen LogP contribution in [0.2, 0.25) is 5.02 Å². The Hall–Kier alpha value is -1.81. The van der Waals surface area contributed by atoms with Crippen molar-refractivity contribution in [3.8, 4) is 0 Å². The molecular formula is C11H10ClN3O. The summed E-state index contributed by atoms with van der Waals surface area (Å²) < 4.78 is 1.65. The molecule has 0 atom stereocenters. The Kier molecular flexibility index (Phi) is 2.92. The van der Waals surface area contributed by atoms with E-state index in [2.05, 4.69) is 10.3 Å². The van der Waals surface area contributed by atoms with Crippen LogP contribution in [0.25, 0.3) is 0 Å². The molecule has 82 valence electrons. The number of carbonyl (C=O) groups excluding carboxylic acids is 1. The summed E-state index contributed by atoms with van der Waals surface area (Å²) in [6.07, 6.45) is 3.29. The van der Waals surface area contributed by atoms with Crippen LogP contribution in [-0.4, -0.2) is 15.5 Å². The Morgan fingerprint density at radius 2 is 2.31 bits per heavy atom. The van der Waals surface area contributed by atoms with Gasteiger partial charge in [-0.1, -0.05) is 17.7 Å². The molecule has 0 fully saturated rings. The summed E-state index contributed by atoms with van der Waals surface area (Å²) in [6, 6.07) is 6.98. The van der Waals surface area contributed by atoms with E-state index < -0.39 is 0 Å². The molecule has 0 aliphatic rings. The Labute approximate surface area is 97.9 Å². The second kappa shape index (κ2) is 4.37. The maximum atomic E-state index is 11.8. The van der Waals surface area contributed by atoms with Crippen LogP contribution in [0.3, 0.4) is 0 Å². The third-order valence-electron chi connectivity index (χ3n) is 2.11. The first kappa shape index (κ1) is 10.7. The van der Waals surface area contributed by atoms with Crippen LogP contribution in [0, 0.1) is 0 Å². The summed E-state index contributed by atoms with van der Waals surface area (Å²) in [6.45, 7) is 0. The van der Waals surface area contributed by atoms with Gasteiger partial charge in [0.25, 0.3) is 5.91 Å². The molecule has 0 spiro atoms. The highest BCUT2D eigenvalue weighted by Gasteiger charge is 2.10. The highest BCUT2D eigenvalue weighted by molar-refractivity contribution is 6.30. The second-order valence-electron chi connectivity index (χ2n) is 3.33. The van der Waals surface area contributed by atoms with Gasteiger partial charge >= 0.3 is 0 Å². The Morgan fingerprint density at radius 1 is 1.50 bits per heavy atom. The van der Waals surface area contributed by atoms with Crippen molar-refractivity contribution >= 4 is 23.2 Å². The molecule has 0 bridgehead atoms. The second-order valence-corrected chi connectivity index (χ2v) is 3.76. The predicted octanol–water partition coefficient (Wildman–Crippen LogP) is 2.33. The lowest BCUT2D eigenvalue weighted by molar-refractivity contribution is 0.101. The first-order chi connectivity index (χ1) is 7.66. The van der Waals surface area contributed by atoms with E-state index in [1.165, 1.54) is 0 Å². The van der Waals surface area contributed by atoms with Gasteiger partial charge in [-0.25, -0.2) is 4.98 Å². The summed E-state index contributed by atoms with van der Waals surface area (Å²) in [7, 11) is 1.76. The van der Waals surface area contributed by atoms with Gasteiger partial charge in [0.05, 0.1) is 0 Å². The molecule has 1 aromatic heterocycles. The molecule has 2 rings (SSSR count). The molecule has 5 heteroatoms. The van der Waals surface area contributed by atoms with Crippen molar-refractivity contribution in [3.63, 3.8) is 0 Å². The van der Waals surface area contributed by atoms with Crippen molar-refractivity contribution in [2.45, 2.75) is 0 Å². The van der Waals surface area contributed by atoms with Crippen LogP contribution in [-0.2, 0) is 7.05 Å². The van der Waals surface area contributed by atoms with Crippen molar-refractivity contribution in [3.05, 3.63) is 47.5 Å². The van der Waals surface area contributed by atoms with Crippen molar-refractivity contribution in [2.24, 2.45) is 7.05 Å². The van der Waals surface area contributed by atoms with Gasteiger partial charge in [0.2, 0.25) is 0 Å². The fourth-order valence-corrected chi connectivity index (χ4v) is 1.53. The quantitative estimate of drug-likeness (QED) is 0.869. The minimum absolute atomic E-state index is 0.255. The number of carbonyl (C=O) groups is 1. The van der Waals surface area contributed by atoms with Gasteiger partial charge in [0, 0.05) is 30.2 Å². The monoisotopic (exact) mass is 235 g/mol. The zero-order valence-corrected chi connectivity index (χ0v) is 9.40. The normalized spacial score (nSPS) is 10.1. The van der Waals surface area contributed by atoms with Gasteiger partial charge in [-0.15, -0.1) is 0 Å². The van der Waals surface area contributed by atoms with Gasteiger partial charge in [-0.2, -0.15) is 0 Å². The molecule has 16 heavy (non-hydrogen) atoms. The number of anilines is 1. The number of rotatable bonds is 2. The van der Waals surface area contributed by atoms with Gasteiger partial charge in [0.15, 0.2) is 5.82 Å². The van der Waals surface area contributed by atoms with Gasteiger partial charge in [0.1, 0.15) is 0 Å². The average molecular weight is 236 g/mol. The highest BCUT2D eigenvalue weighted by Crippen LogP contribution is 2.15. The first-order valence-corrected chi connectivity index (χ1v) is 5.09. The van der Waals surface area contributed by atoms with Crippen molar-refractivity contribution in [1.29, 1.82) is 0 Å². The SMILES string of the molecule is Cn1ccnc1C(=O)Nc1cccc(Cl)c1. The average Bonchev–Trinajstić information content (AvgIpc) is 2.64. The minimum atomic E-state index is -0.255. The van der Waals surface area contributed by atoms with Crippen LogP contribution >= 0.6 is 11.6 Å². The van der Waals surface area contributed by atoms with E-state index in [1.54, 1.807) is 48.3 Å². The minimum Gasteiger partial charge on any atom is -0.330 e. The van der Waals surface area contributed by atoms with E-state index in [4.69, 9.17) is 11.6 Å². The zero-order chi connectivity index (χ0) is 11.5. The highest BCUT2D eigenvalue weighted by atomic mass is 35.5. The topological polar surface area (TPSA) is 46.9 Å². The Balaban J connectivity index is 2.17. The molecule has 4 nitrogen and oxygen atoms in total. The number of hydrogen-bond acceptors (Lipinski definition) is 2. The molecule has 0 saturated carbocycles. The Morgan fingerprint density at radius 3 is 2.94 bits per heavy atom. The molecule has 0 unspecified atom stereocenters. The molecule has 1 amide bonds. The summed E-state index contributed by atoms with van der Waals surface area (Å²) >= 11 is 5.81. The van der Waals surface area contributed by atoms with Crippen LogP contribution in [0.15, 0.2) is 36.7 Å². The summed E-state index contributed by atoms with van der Waals surface area (Å²) in [4.78, 5) is 15.7. The number of benzene rings is 1. The smallest absolute Gasteiger partial charge is 0.291 e. The fraction of sp³-hybridized carbons (Fsp3) is 0.0909. The van der Waals surface area contributed by atoms with Crippen LogP contribution in [0.4, 0.5) is 5.69 Å². The molecular weight excluding hydrogens is 226 g/mol. The maximum Gasteiger partial charge on any atom is 0.291 e. The third-order valence-corrected chi connectivity index (χ3v) is 2.34. The van der Waals surface area contributed by atoms with E-state index in [0.29, 0.717) is 16.5 Å². The largest absolute Gasteiger partial charge is 0.330 e. The standard InChI is InChI=1S/C11H10ClN3O/c1-15-6-5-13-10(15)11(16)14-9-4-2-3-8(12)7-9/h2-7H,1H3,(H,14,16). The van der Waals surface area contributed by atoms with Gasteiger partial charge < -0.3 is 9.88 Å². The molecule has 1 heterocycles. The number of halogens is 1. The molecule has 1 N–H and O–H groups in total. The molecule has 0 radical (unpaired) electrons. The maximum absolute atomic E-state index is 11.8. The number of hydrogen-bond donors (Lipinski definition) is 1. The number of aryl methyl sites for hydroxylation is 1. The molecule has 1 aromatic carbocycles. The van der Waals surface area contributed by atoms with Crippen molar-refractivity contribution < 1.29 is 4.79 Å². The predicted molar refractivity (Wildman–Crippen MR) is 62.6 cm³/mol. The lowest BCUT2D eigenvalue weighted by Crippen LogP contribution is -2.16. The molecule has 0 aliphatic heterocycles. The summed E-state index contributed by atoms with van der Waals surface area (Å²) in [5.74, 6) is 0.106. The van der Waals surface area contributed by atoms with E-state index in [9.17, 15) is 4.79 Å². The lowest BCUT2D eigenvalue weighted by Gasteiger charge is -2.04. The van der Waals surface area contributed by atoms with Crippen LogP contribution in [0.5, 0.6) is 0 Å². The third kappa shape index (κ3) is 2.23. The van der Waals surface area contributed by atoms with Crippen molar-refractivity contribution in [2.75, 3.05) is 5.32 Å². The summed E-state index contributed by atoms with van der Waals surface area (Å²) in [5, 5.41) is 3.30. The van der Waals surface area contributed by atoms with E-state index in [1.807, 2.05) is 0 Å². The Bertz CT molecular complexity index is 521. The number of aromatic nitrogens is 2. The van der Waals surface area contributed by atoms with E-state index >= 15 is 0 Å². The van der Waals surface area contributed by atoms with Crippen molar-refractivity contribution in [1.82, 2.24) is 9.55 Å². The molecule has 2 aromatic rings. The number of nitrogens with one attached hydrogen (secondary N) is 1. The van der Waals surface area contributed by atoms with Crippen LogP contribution in [0.1, 0.15) is 10.6 Å². The molecule has 0 saturated heterocycles. The lowest BCUT2D eigenvalue weighted by atomic mass is 10.3. The summed E-state index contributed by atoms with van der Waals surface area (Å²) in [5.41, 5.74) is 0.653.